The van der Waals surface area contributed by atoms with Crippen molar-refractivity contribution in [2.75, 3.05) is 69.0 Å². The minimum atomic E-state index is -0.395. The Balaban J connectivity index is 0.00000217. The molecule has 2 aromatic heterocycles. The van der Waals surface area contributed by atoms with Gasteiger partial charge in [-0.3, -0.25) is 4.79 Å². The number of nitrogens with zero attached hydrogens (tertiary/aromatic N) is 4. The lowest BCUT2D eigenvalue weighted by molar-refractivity contribution is 0.0951. The van der Waals surface area contributed by atoms with Crippen molar-refractivity contribution in [3.05, 3.63) is 90.2 Å². The van der Waals surface area contributed by atoms with E-state index in [4.69, 9.17) is 19.1 Å². The monoisotopic (exact) mass is 625 g/mol. The number of benzene rings is 3. The Bertz CT molecular complexity index is 1850. The number of morpholine rings is 1. The highest BCUT2D eigenvalue weighted by Crippen LogP contribution is 2.32. The Kier molecular flexibility index (Phi) is 9.23. The molecule has 0 radical (unpaired) electrons. The molecule has 0 aliphatic carbocycles. The first-order valence-corrected chi connectivity index (χ1v) is 15.2. The normalized spacial score (nSPS) is 13.2. The molecule has 11 heteroatoms. The first-order valence-electron chi connectivity index (χ1n) is 15.2. The number of nitrogens with one attached hydrogen (secondary N) is 3. The Labute approximate surface area is 272 Å². The zero-order chi connectivity index (χ0) is 32.0. The second-order valence-corrected chi connectivity index (χ2v) is 11.4. The summed E-state index contributed by atoms with van der Waals surface area (Å²) in [6, 6.07) is 23.8. The molecular weight excluding hydrogens is 582 g/mol. The second kappa shape index (κ2) is 13.8. The van der Waals surface area contributed by atoms with Crippen LogP contribution in [0.4, 0.5) is 22.0 Å². The highest BCUT2D eigenvalue weighted by Gasteiger charge is 2.19. The predicted octanol–water partition coefficient (Wildman–Crippen LogP) is 6.38. The topological polar surface area (TPSA) is 125 Å². The van der Waals surface area contributed by atoms with Gasteiger partial charge < -0.3 is 34.9 Å². The zero-order valence-electron chi connectivity index (χ0n) is 26.2. The number of urea groups is 1. The van der Waals surface area contributed by atoms with Crippen LogP contribution in [-0.2, 0) is 4.74 Å². The largest absolute Gasteiger partial charge is 0.461 e. The van der Waals surface area contributed by atoms with Gasteiger partial charge in [-0.25, -0.2) is 14.8 Å². The summed E-state index contributed by atoms with van der Waals surface area (Å²) in [4.78, 5) is 39.2. The highest BCUT2D eigenvalue weighted by atomic mass is 16.5. The van der Waals surface area contributed by atoms with E-state index in [1.807, 2.05) is 74.4 Å². The van der Waals surface area contributed by atoms with E-state index in [1.165, 1.54) is 0 Å². The van der Waals surface area contributed by atoms with E-state index in [-0.39, 0.29) is 10.2 Å². The Morgan fingerprint density at radius 2 is 1.54 bits per heavy atom. The summed E-state index contributed by atoms with van der Waals surface area (Å²) in [7, 11) is 3.90. The summed E-state index contributed by atoms with van der Waals surface area (Å²) in [5, 5.41) is 9.51. The van der Waals surface area contributed by atoms with Gasteiger partial charge in [0.05, 0.1) is 18.7 Å². The smallest absolute Gasteiger partial charge is 0.323 e. The lowest BCUT2D eigenvalue weighted by atomic mass is 10.1. The van der Waals surface area contributed by atoms with Crippen LogP contribution in [0.5, 0.6) is 0 Å². The van der Waals surface area contributed by atoms with E-state index in [0.29, 0.717) is 42.5 Å². The molecule has 5 aromatic rings. The number of aromatic nitrogens is 2. The van der Waals surface area contributed by atoms with Crippen LogP contribution in [0.25, 0.3) is 33.6 Å². The first kappa shape index (κ1) is 30.8. The molecule has 1 aliphatic heterocycles. The number of carbonyl (C=O) groups is 2. The number of amides is 3. The number of likely N-dealkylation sites (N-methyl/N-ethyl adjacent to an activating group) is 1. The van der Waals surface area contributed by atoms with Gasteiger partial charge >= 0.3 is 6.03 Å². The fraction of sp³-hybridized carbons (Fsp3) is 0.257. The van der Waals surface area contributed by atoms with Crippen molar-refractivity contribution in [2.24, 2.45) is 0 Å². The predicted molar refractivity (Wildman–Crippen MR) is 187 cm³/mol. The molecule has 3 aromatic carbocycles. The quantitative estimate of drug-likeness (QED) is 0.173. The van der Waals surface area contributed by atoms with Crippen molar-refractivity contribution < 1.29 is 23.0 Å². The van der Waals surface area contributed by atoms with Crippen molar-refractivity contribution in [3.8, 4) is 22.7 Å². The average Bonchev–Trinajstić information content (AvgIpc) is 3.51. The van der Waals surface area contributed by atoms with Crippen LogP contribution in [0.1, 0.15) is 20.4 Å². The maximum atomic E-state index is 12.7. The minimum Gasteiger partial charge on any atom is -0.461 e. The molecule has 1 fully saturated rings. The van der Waals surface area contributed by atoms with Gasteiger partial charge in [0.2, 0.25) is 0 Å². The second-order valence-electron chi connectivity index (χ2n) is 11.4. The maximum absolute atomic E-state index is 12.7. The number of ether oxygens (including phenoxy) is 1. The Hall–Kier alpha value is -5.26. The number of hydrogen-bond acceptors (Lipinski definition) is 8. The van der Waals surface area contributed by atoms with Crippen LogP contribution in [0.3, 0.4) is 0 Å². The van der Waals surface area contributed by atoms with Crippen LogP contribution in [0.2, 0.25) is 0 Å². The number of carbonyl (C=O) groups excluding carboxylic acids is 2. The summed E-state index contributed by atoms with van der Waals surface area (Å²) < 4.78 is 11.5. The third kappa shape index (κ3) is 7.33. The number of rotatable bonds is 9. The van der Waals surface area contributed by atoms with Crippen molar-refractivity contribution in [1.82, 2.24) is 20.2 Å². The van der Waals surface area contributed by atoms with E-state index in [9.17, 15) is 9.59 Å². The number of hydrogen-bond donors (Lipinski definition) is 3. The first-order chi connectivity index (χ1) is 22.3. The molecule has 0 saturated carbocycles. The van der Waals surface area contributed by atoms with E-state index < -0.39 is 6.03 Å². The van der Waals surface area contributed by atoms with Gasteiger partial charge in [0.1, 0.15) is 17.3 Å². The summed E-state index contributed by atoms with van der Waals surface area (Å²) in [5.74, 6) is 2.94. The summed E-state index contributed by atoms with van der Waals surface area (Å²) in [5.41, 5.74) is 4.30. The fourth-order valence-corrected chi connectivity index (χ4v) is 5.20. The van der Waals surface area contributed by atoms with Crippen molar-refractivity contribution in [1.29, 1.82) is 0 Å². The molecular formula is C35H43N7O4. The number of aryl methyl sites for hydroxylation is 1. The van der Waals surface area contributed by atoms with Crippen molar-refractivity contribution in [2.45, 2.75) is 6.92 Å². The molecule has 6 rings (SSSR count). The SMILES string of the molecule is Cc1ccc(-c2ccc3c(N4CCOCC4)nc(-c4ccc(NC(=O)Nc5ccc(C(=O)NCCN(C)C)cc5)cc4)nc3c2)o1.[HH].[HH].[HH]. The van der Waals surface area contributed by atoms with Gasteiger partial charge in [-0.05, 0) is 93.8 Å². The van der Waals surface area contributed by atoms with E-state index >= 15 is 0 Å². The number of anilines is 3. The van der Waals surface area contributed by atoms with Gasteiger partial charge in [-0.1, -0.05) is 6.07 Å². The molecule has 1 aliphatic rings. The molecule has 0 spiro atoms. The molecule has 0 atom stereocenters. The Morgan fingerprint density at radius 3 is 2.20 bits per heavy atom. The van der Waals surface area contributed by atoms with Crippen LogP contribution in [0, 0.1) is 6.92 Å². The lowest BCUT2D eigenvalue weighted by Gasteiger charge is -2.29. The molecule has 1 saturated heterocycles. The van der Waals surface area contributed by atoms with Gasteiger partial charge in [-0.2, -0.15) is 0 Å². The van der Waals surface area contributed by atoms with Gasteiger partial charge in [0, 0.05) is 63.9 Å². The molecule has 3 N–H and O–H groups in total. The number of fused-ring (bicyclic) bond motifs is 1. The third-order valence-electron chi connectivity index (χ3n) is 7.66. The van der Waals surface area contributed by atoms with Crippen LogP contribution in [0.15, 0.2) is 83.3 Å². The van der Waals surface area contributed by atoms with E-state index in [0.717, 1.165) is 59.0 Å². The molecule has 3 heterocycles. The minimum absolute atomic E-state index is 0. The van der Waals surface area contributed by atoms with Crippen molar-refractivity contribution in [3.63, 3.8) is 0 Å². The van der Waals surface area contributed by atoms with Crippen LogP contribution in [-0.4, -0.2) is 80.3 Å². The molecule has 0 bridgehead atoms. The summed E-state index contributed by atoms with van der Waals surface area (Å²) in [6.07, 6.45) is 0. The lowest BCUT2D eigenvalue weighted by Crippen LogP contribution is -2.37. The summed E-state index contributed by atoms with van der Waals surface area (Å²) in [6.45, 7) is 6.01. The fourth-order valence-electron chi connectivity index (χ4n) is 5.20. The van der Waals surface area contributed by atoms with Crippen molar-refractivity contribution >= 4 is 40.0 Å². The molecule has 242 valence electrons. The number of furan rings is 1. The molecule has 3 amide bonds. The molecule has 11 nitrogen and oxygen atoms in total. The zero-order valence-corrected chi connectivity index (χ0v) is 26.2. The maximum Gasteiger partial charge on any atom is 0.323 e. The Morgan fingerprint density at radius 1 is 0.870 bits per heavy atom. The van der Waals surface area contributed by atoms with Gasteiger partial charge in [-0.15, -0.1) is 0 Å². The van der Waals surface area contributed by atoms with Crippen LogP contribution < -0.4 is 20.9 Å². The summed E-state index contributed by atoms with van der Waals surface area (Å²) >= 11 is 0. The van der Waals surface area contributed by atoms with E-state index in [1.54, 1.807) is 24.3 Å². The van der Waals surface area contributed by atoms with Gasteiger partial charge in [0.15, 0.2) is 5.82 Å². The molecule has 0 unspecified atom stereocenters. The van der Waals surface area contributed by atoms with Gasteiger partial charge in [0.25, 0.3) is 5.91 Å². The average molecular weight is 626 g/mol. The standard InChI is InChI=1S/C35H37N7O4.3H2/c1-23-4-15-31(46-23)26-9-14-29-30(22-26)39-32(40-33(29)42-18-20-45-21-19-42)24-5-10-27(11-6-24)37-35(44)38-28-12-7-25(8-13-28)34(43)36-16-17-41(2)3;;;/h4-15,22H,16-21H2,1-3H3,(H,36,43)(H2,37,38,44);3*1H. The van der Waals surface area contributed by atoms with E-state index in [2.05, 4.69) is 26.9 Å². The third-order valence-corrected chi connectivity index (χ3v) is 7.66. The highest BCUT2D eigenvalue weighted by molar-refractivity contribution is 6.00. The molecule has 46 heavy (non-hydrogen) atoms. The van der Waals surface area contributed by atoms with Crippen LogP contribution >= 0.6 is 0 Å².